The summed E-state index contributed by atoms with van der Waals surface area (Å²) >= 11 is 1.82. The lowest BCUT2D eigenvalue weighted by Gasteiger charge is -2.36. The third-order valence-corrected chi connectivity index (χ3v) is 4.74. The van der Waals surface area contributed by atoms with Crippen LogP contribution in [0.25, 0.3) is 0 Å². The normalized spacial score (nSPS) is 38.3. The average molecular weight is 204 g/mol. The smallest absolute Gasteiger partial charge is 0.0863 e. The predicted octanol–water partition coefficient (Wildman–Crippen LogP) is 1.51. The molecule has 2 N–H and O–H groups in total. The van der Waals surface area contributed by atoms with Gasteiger partial charge >= 0.3 is 0 Å². The molecule has 1 rings (SSSR count). The molecule has 1 heterocycles. The standard InChI is InChI=1S/C10H20O2S/c1-9(2)5-13-6-10(3,4)8(12)7(9)11/h7-8,11-12H,5-6H2,1-4H3/t7-,8-/m1/s1. The van der Waals surface area contributed by atoms with Crippen LogP contribution in [0.5, 0.6) is 0 Å². The third-order valence-electron chi connectivity index (χ3n) is 2.85. The predicted molar refractivity (Wildman–Crippen MR) is 56.9 cm³/mol. The van der Waals surface area contributed by atoms with Gasteiger partial charge < -0.3 is 10.2 Å². The van der Waals surface area contributed by atoms with Gasteiger partial charge in [0, 0.05) is 22.3 Å². The van der Waals surface area contributed by atoms with Crippen LogP contribution >= 0.6 is 11.8 Å². The minimum absolute atomic E-state index is 0.183. The second-order valence-electron chi connectivity index (χ2n) is 5.36. The van der Waals surface area contributed by atoms with E-state index in [9.17, 15) is 10.2 Å². The molecule has 0 spiro atoms. The summed E-state index contributed by atoms with van der Waals surface area (Å²) < 4.78 is 0. The fourth-order valence-electron chi connectivity index (χ4n) is 1.60. The van der Waals surface area contributed by atoms with Crippen LogP contribution in [0.4, 0.5) is 0 Å². The maximum Gasteiger partial charge on any atom is 0.0863 e. The Kier molecular flexibility index (Phi) is 3.01. The average Bonchev–Trinajstić information content (AvgIpc) is 2.04. The summed E-state index contributed by atoms with van der Waals surface area (Å²) in [6, 6.07) is 0. The first-order valence-corrected chi connectivity index (χ1v) is 5.87. The molecule has 0 amide bonds. The summed E-state index contributed by atoms with van der Waals surface area (Å²) in [5, 5.41) is 19.9. The molecule has 1 saturated heterocycles. The molecule has 0 saturated carbocycles. The summed E-state index contributed by atoms with van der Waals surface area (Å²) in [4.78, 5) is 0. The maximum atomic E-state index is 9.96. The molecule has 1 aliphatic heterocycles. The van der Waals surface area contributed by atoms with E-state index in [-0.39, 0.29) is 10.8 Å². The number of aliphatic hydroxyl groups excluding tert-OH is 2. The lowest BCUT2D eigenvalue weighted by atomic mass is 9.76. The molecule has 1 fully saturated rings. The van der Waals surface area contributed by atoms with Gasteiger partial charge in [-0.15, -0.1) is 0 Å². The van der Waals surface area contributed by atoms with Gasteiger partial charge in [0.25, 0.3) is 0 Å². The molecule has 0 radical (unpaired) electrons. The summed E-state index contributed by atoms with van der Waals surface area (Å²) in [6.07, 6.45) is -1.23. The monoisotopic (exact) mass is 204 g/mol. The van der Waals surface area contributed by atoms with Gasteiger partial charge in [0.05, 0.1) is 12.2 Å². The molecule has 2 nitrogen and oxygen atoms in total. The SMILES string of the molecule is CC1(C)CSCC(C)(C)[C@H](O)[C@H]1O. The van der Waals surface area contributed by atoms with Crippen molar-refractivity contribution >= 4 is 11.8 Å². The molecular weight excluding hydrogens is 184 g/mol. The van der Waals surface area contributed by atoms with Gasteiger partial charge in [-0.2, -0.15) is 11.8 Å². The summed E-state index contributed by atoms with van der Waals surface area (Å²) in [7, 11) is 0. The van der Waals surface area contributed by atoms with Crippen LogP contribution in [0.3, 0.4) is 0 Å². The van der Waals surface area contributed by atoms with E-state index in [0.29, 0.717) is 0 Å². The van der Waals surface area contributed by atoms with Crippen LogP contribution in [0.1, 0.15) is 27.7 Å². The van der Waals surface area contributed by atoms with Gasteiger partial charge in [-0.3, -0.25) is 0 Å². The fraction of sp³-hybridized carbons (Fsp3) is 1.00. The zero-order valence-corrected chi connectivity index (χ0v) is 9.69. The molecule has 78 valence electrons. The van der Waals surface area contributed by atoms with E-state index in [4.69, 9.17) is 0 Å². The third kappa shape index (κ3) is 2.20. The summed E-state index contributed by atoms with van der Waals surface area (Å²) in [5.41, 5.74) is -0.365. The van der Waals surface area contributed by atoms with Crippen molar-refractivity contribution in [3.63, 3.8) is 0 Å². The molecule has 2 atom stereocenters. The molecular formula is C10H20O2S. The van der Waals surface area contributed by atoms with Crippen LogP contribution < -0.4 is 0 Å². The minimum atomic E-state index is -0.613. The largest absolute Gasteiger partial charge is 0.390 e. The molecule has 0 aromatic rings. The van der Waals surface area contributed by atoms with Crippen LogP contribution in [0, 0.1) is 10.8 Å². The Morgan fingerprint density at radius 2 is 1.23 bits per heavy atom. The Labute approximate surface area is 84.7 Å². The van der Waals surface area contributed by atoms with Gasteiger partial charge in [0.2, 0.25) is 0 Å². The quantitative estimate of drug-likeness (QED) is 0.628. The first-order valence-electron chi connectivity index (χ1n) is 4.71. The molecule has 0 unspecified atom stereocenters. The molecule has 13 heavy (non-hydrogen) atoms. The zero-order chi connectivity index (χ0) is 10.3. The highest BCUT2D eigenvalue weighted by Crippen LogP contribution is 2.40. The van der Waals surface area contributed by atoms with Gasteiger partial charge in [-0.25, -0.2) is 0 Å². The molecule has 0 bridgehead atoms. The van der Waals surface area contributed by atoms with Crippen molar-refractivity contribution in [3.8, 4) is 0 Å². The topological polar surface area (TPSA) is 40.5 Å². The van der Waals surface area contributed by atoms with Gasteiger partial charge in [-0.05, 0) is 0 Å². The van der Waals surface area contributed by atoms with Crippen molar-refractivity contribution in [2.75, 3.05) is 11.5 Å². The van der Waals surface area contributed by atoms with Gasteiger partial charge in [-0.1, -0.05) is 27.7 Å². The number of hydrogen-bond acceptors (Lipinski definition) is 3. The Balaban J connectivity index is 2.87. The molecule has 3 heteroatoms. The van der Waals surface area contributed by atoms with Gasteiger partial charge in [0.15, 0.2) is 0 Å². The number of hydrogen-bond donors (Lipinski definition) is 2. The number of aliphatic hydroxyl groups is 2. The molecule has 0 aromatic carbocycles. The molecule has 0 aliphatic carbocycles. The van der Waals surface area contributed by atoms with Crippen LogP contribution in [0.15, 0.2) is 0 Å². The first-order chi connectivity index (χ1) is 5.77. The Morgan fingerprint density at radius 3 is 1.54 bits per heavy atom. The molecule has 1 aliphatic rings. The van der Waals surface area contributed by atoms with E-state index in [2.05, 4.69) is 0 Å². The van der Waals surface area contributed by atoms with E-state index in [1.54, 1.807) is 0 Å². The van der Waals surface area contributed by atoms with Crippen molar-refractivity contribution in [3.05, 3.63) is 0 Å². The van der Waals surface area contributed by atoms with Crippen LogP contribution in [-0.4, -0.2) is 33.9 Å². The van der Waals surface area contributed by atoms with Crippen molar-refractivity contribution in [1.82, 2.24) is 0 Å². The van der Waals surface area contributed by atoms with E-state index in [0.717, 1.165) is 11.5 Å². The Morgan fingerprint density at radius 1 is 0.923 bits per heavy atom. The van der Waals surface area contributed by atoms with Crippen LogP contribution in [0.2, 0.25) is 0 Å². The number of rotatable bonds is 0. The van der Waals surface area contributed by atoms with E-state index >= 15 is 0 Å². The minimum Gasteiger partial charge on any atom is -0.390 e. The first kappa shape index (κ1) is 11.3. The van der Waals surface area contributed by atoms with Crippen molar-refractivity contribution < 1.29 is 10.2 Å². The maximum absolute atomic E-state index is 9.96. The highest BCUT2D eigenvalue weighted by molar-refractivity contribution is 7.99. The van der Waals surface area contributed by atoms with E-state index < -0.39 is 12.2 Å². The zero-order valence-electron chi connectivity index (χ0n) is 8.87. The van der Waals surface area contributed by atoms with Gasteiger partial charge in [0.1, 0.15) is 0 Å². The second kappa shape index (κ2) is 3.44. The van der Waals surface area contributed by atoms with Crippen molar-refractivity contribution in [2.24, 2.45) is 10.8 Å². The van der Waals surface area contributed by atoms with Crippen molar-refractivity contribution in [1.29, 1.82) is 0 Å². The van der Waals surface area contributed by atoms with E-state index in [1.807, 2.05) is 39.5 Å². The number of thioether (sulfide) groups is 1. The van der Waals surface area contributed by atoms with E-state index in [1.165, 1.54) is 0 Å². The Hall–Kier alpha value is 0.270. The molecule has 0 aromatic heterocycles. The lowest BCUT2D eigenvalue weighted by Crippen LogP contribution is -2.46. The highest BCUT2D eigenvalue weighted by Gasteiger charge is 2.43. The lowest BCUT2D eigenvalue weighted by molar-refractivity contribution is -0.0848. The van der Waals surface area contributed by atoms with Crippen molar-refractivity contribution in [2.45, 2.75) is 39.9 Å². The van der Waals surface area contributed by atoms with Crippen LogP contribution in [-0.2, 0) is 0 Å². The fourth-order valence-corrected chi connectivity index (χ4v) is 3.10. The second-order valence-corrected chi connectivity index (χ2v) is 6.35. The highest BCUT2D eigenvalue weighted by atomic mass is 32.2. The summed E-state index contributed by atoms with van der Waals surface area (Å²) in [5.74, 6) is 1.82. The Bertz CT molecular complexity index is 169. The summed E-state index contributed by atoms with van der Waals surface area (Å²) in [6.45, 7) is 8.04.